The SMILES string of the molecule is CN.COc1c(Br)ccnc1Br.Cl. The molecule has 0 fully saturated rings. The van der Waals surface area contributed by atoms with Crippen LogP contribution < -0.4 is 10.5 Å². The molecule has 0 amide bonds. The fraction of sp³-hybridized carbons (Fsp3) is 0.286. The van der Waals surface area contributed by atoms with Crippen LogP contribution in [0.25, 0.3) is 0 Å². The molecule has 1 rings (SSSR count). The first kappa shape index (κ1) is 15.6. The van der Waals surface area contributed by atoms with E-state index in [1.807, 2.05) is 6.07 Å². The van der Waals surface area contributed by atoms with Gasteiger partial charge in [0.1, 0.15) is 4.60 Å². The van der Waals surface area contributed by atoms with Crippen LogP contribution >= 0.6 is 44.3 Å². The summed E-state index contributed by atoms with van der Waals surface area (Å²) in [5, 5.41) is 0. The van der Waals surface area contributed by atoms with Crippen LogP contribution in [0, 0.1) is 0 Å². The van der Waals surface area contributed by atoms with Gasteiger partial charge in [0.15, 0.2) is 5.75 Å². The molecule has 0 unspecified atom stereocenters. The van der Waals surface area contributed by atoms with E-state index in [1.165, 1.54) is 7.05 Å². The minimum absolute atomic E-state index is 0. The second-order valence-electron chi connectivity index (χ2n) is 1.62. The maximum absolute atomic E-state index is 5.02. The Morgan fingerprint density at radius 2 is 1.92 bits per heavy atom. The monoisotopic (exact) mass is 332 g/mol. The summed E-state index contributed by atoms with van der Waals surface area (Å²) < 4.78 is 6.63. The van der Waals surface area contributed by atoms with Gasteiger partial charge < -0.3 is 10.5 Å². The van der Waals surface area contributed by atoms with Gasteiger partial charge >= 0.3 is 0 Å². The van der Waals surface area contributed by atoms with Gasteiger partial charge in [0, 0.05) is 6.20 Å². The zero-order valence-electron chi connectivity index (χ0n) is 7.25. The van der Waals surface area contributed by atoms with E-state index in [9.17, 15) is 0 Å². The van der Waals surface area contributed by atoms with Crippen LogP contribution in [0.3, 0.4) is 0 Å². The molecule has 0 aliphatic heterocycles. The molecule has 76 valence electrons. The van der Waals surface area contributed by atoms with Crippen LogP contribution in [0.4, 0.5) is 0 Å². The minimum Gasteiger partial charge on any atom is -0.493 e. The molecule has 0 aromatic carbocycles. The third-order valence-corrected chi connectivity index (χ3v) is 2.21. The first-order chi connectivity index (χ1) is 5.75. The molecule has 1 aromatic heterocycles. The minimum atomic E-state index is 0. The van der Waals surface area contributed by atoms with E-state index in [0.29, 0.717) is 4.60 Å². The highest BCUT2D eigenvalue weighted by molar-refractivity contribution is 9.11. The van der Waals surface area contributed by atoms with Crippen molar-refractivity contribution in [3.05, 3.63) is 21.3 Å². The van der Waals surface area contributed by atoms with Crippen molar-refractivity contribution in [3.63, 3.8) is 0 Å². The number of ether oxygens (including phenoxy) is 1. The van der Waals surface area contributed by atoms with E-state index in [0.717, 1.165) is 10.2 Å². The predicted octanol–water partition coefficient (Wildman–Crippen LogP) is 2.61. The lowest BCUT2D eigenvalue weighted by Gasteiger charge is -2.02. The highest BCUT2D eigenvalue weighted by atomic mass is 79.9. The summed E-state index contributed by atoms with van der Waals surface area (Å²) in [7, 11) is 3.10. The molecule has 0 radical (unpaired) electrons. The van der Waals surface area contributed by atoms with Crippen LogP contribution in [0.15, 0.2) is 21.3 Å². The molecule has 13 heavy (non-hydrogen) atoms. The number of nitrogens with two attached hydrogens (primary N) is 1. The molecule has 0 spiro atoms. The lowest BCUT2D eigenvalue weighted by atomic mass is 10.5. The van der Waals surface area contributed by atoms with E-state index >= 15 is 0 Å². The molecule has 2 N–H and O–H groups in total. The topological polar surface area (TPSA) is 48.1 Å². The number of nitrogens with zero attached hydrogens (tertiary/aromatic N) is 1. The van der Waals surface area contributed by atoms with Crippen LogP contribution in [0.2, 0.25) is 0 Å². The normalized spacial score (nSPS) is 7.77. The highest BCUT2D eigenvalue weighted by Crippen LogP contribution is 2.30. The molecule has 0 saturated heterocycles. The lowest BCUT2D eigenvalue weighted by Crippen LogP contribution is -1.87. The molecule has 0 saturated carbocycles. The van der Waals surface area contributed by atoms with E-state index < -0.39 is 0 Å². The van der Waals surface area contributed by atoms with Crippen LogP contribution in [0.1, 0.15) is 0 Å². The fourth-order valence-electron chi connectivity index (χ4n) is 0.583. The molecular weight excluding hydrogens is 323 g/mol. The first-order valence-corrected chi connectivity index (χ1v) is 4.76. The Bertz CT molecular complexity index is 228. The summed E-state index contributed by atoms with van der Waals surface area (Å²) in [4.78, 5) is 3.97. The Balaban J connectivity index is 0. The molecule has 0 bridgehead atoms. The molecular formula is C7H11Br2ClN2O. The van der Waals surface area contributed by atoms with Crippen molar-refractivity contribution in [2.24, 2.45) is 5.73 Å². The Hall–Kier alpha value is 0.160. The number of halogens is 3. The maximum Gasteiger partial charge on any atom is 0.165 e. The van der Waals surface area contributed by atoms with Gasteiger partial charge in [-0.3, -0.25) is 0 Å². The Labute approximate surface area is 101 Å². The second-order valence-corrected chi connectivity index (χ2v) is 3.22. The van der Waals surface area contributed by atoms with Crippen molar-refractivity contribution in [1.29, 1.82) is 0 Å². The van der Waals surface area contributed by atoms with Crippen molar-refractivity contribution in [3.8, 4) is 5.75 Å². The van der Waals surface area contributed by atoms with Gasteiger partial charge in [-0.15, -0.1) is 12.4 Å². The van der Waals surface area contributed by atoms with Gasteiger partial charge in [0.25, 0.3) is 0 Å². The quantitative estimate of drug-likeness (QED) is 0.803. The van der Waals surface area contributed by atoms with E-state index in [4.69, 9.17) is 4.74 Å². The number of methoxy groups -OCH3 is 1. The molecule has 1 heterocycles. The molecule has 0 aliphatic rings. The summed E-state index contributed by atoms with van der Waals surface area (Å²) in [5.41, 5.74) is 4.50. The zero-order valence-corrected chi connectivity index (χ0v) is 11.2. The number of hydrogen-bond donors (Lipinski definition) is 1. The smallest absolute Gasteiger partial charge is 0.165 e. The Morgan fingerprint density at radius 3 is 2.23 bits per heavy atom. The summed E-state index contributed by atoms with van der Waals surface area (Å²) in [6.45, 7) is 0. The first-order valence-electron chi connectivity index (χ1n) is 3.17. The Kier molecular flexibility index (Phi) is 10.5. The van der Waals surface area contributed by atoms with E-state index in [2.05, 4.69) is 42.6 Å². The van der Waals surface area contributed by atoms with Gasteiger partial charge in [-0.1, -0.05) is 0 Å². The van der Waals surface area contributed by atoms with Crippen LogP contribution in [0.5, 0.6) is 5.75 Å². The second kappa shape index (κ2) is 8.74. The van der Waals surface area contributed by atoms with Crippen molar-refractivity contribution < 1.29 is 4.74 Å². The summed E-state index contributed by atoms with van der Waals surface area (Å²) in [6, 6.07) is 1.82. The van der Waals surface area contributed by atoms with Gasteiger partial charge in [-0.25, -0.2) is 4.98 Å². The Morgan fingerprint density at radius 1 is 1.38 bits per heavy atom. The molecule has 0 aliphatic carbocycles. The predicted molar refractivity (Wildman–Crippen MR) is 63.5 cm³/mol. The summed E-state index contributed by atoms with van der Waals surface area (Å²) in [5.74, 6) is 0.725. The third kappa shape index (κ3) is 4.81. The van der Waals surface area contributed by atoms with Crippen molar-refractivity contribution >= 4 is 44.3 Å². The average molecular weight is 334 g/mol. The number of hydrogen-bond acceptors (Lipinski definition) is 3. The summed E-state index contributed by atoms with van der Waals surface area (Å²) in [6.07, 6.45) is 1.69. The van der Waals surface area contributed by atoms with Crippen LogP contribution in [-0.2, 0) is 0 Å². The zero-order chi connectivity index (χ0) is 9.56. The number of pyridine rings is 1. The lowest BCUT2D eigenvalue weighted by molar-refractivity contribution is 0.407. The highest BCUT2D eigenvalue weighted by Gasteiger charge is 2.03. The molecule has 6 heteroatoms. The molecule has 3 nitrogen and oxygen atoms in total. The van der Waals surface area contributed by atoms with Gasteiger partial charge in [-0.05, 0) is 45.0 Å². The maximum atomic E-state index is 5.02. The largest absolute Gasteiger partial charge is 0.493 e. The van der Waals surface area contributed by atoms with Gasteiger partial charge in [-0.2, -0.15) is 0 Å². The van der Waals surface area contributed by atoms with Crippen molar-refractivity contribution in [2.75, 3.05) is 14.2 Å². The third-order valence-electron chi connectivity index (χ3n) is 1.02. The standard InChI is InChI=1S/C6H5Br2NO.CH5N.ClH/c1-10-5-4(7)2-3-9-6(5)8;1-2;/h2-3H,1H3;2H2,1H3;1H. The van der Waals surface area contributed by atoms with E-state index in [1.54, 1.807) is 13.3 Å². The molecule has 0 atom stereocenters. The molecule has 1 aromatic rings. The van der Waals surface area contributed by atoms with E-state index in [-0.39, 0.29) is 12.4 Å². The number of aromatic nitrogens is 1. The van der Waals surface area contributed by atoms with Gasteiger partial charge in [0.2, 0.25) is 0 Å². The summed E-state index contributed by atoms with van der Waals surface area (Å²) >= 11 is 6.55. The van der Waals surface area contributed by atoms with Crippen molar-refractivity contribution in [2.45, 2.75) is 0 Å². The van der Waals surface area contributed by atoms with Gasteiger partial charge in [0.05, 0.1) is 11.6 Å². The number of rotatable bonds is 1. The average Bonchev–Trinajstić information content (AvgIpc) is 2.08. The fourth-order valence-corrected chi connectivity index (χ4v) is 1.81. The van der Waals surface area contributed by atoms with Crippen LogP contribution in [-0.4, -0.2) is 19.1 Å². The van der Waals surface area contributed by atoms with Crippen molar-refractivity contribution in [1.82, 2.24) is 4.98 Å².